The van der Waals surface area contributed by atoms with Gasteiger partial charge in [-0.1, -0.05) is 47.0 Å². The fourth-order valence-corrected chi connectivity index (χ4v) is 4.48. The van der Waals surface area contributed by atoms with Crippen molar-refractivity contribution in [3.05, 3.63) is 62.6 Å². The van der Waals surface area contributed by atoms with Crippen LogP contribution in [0, 0.1) is 20.8 Å². The maximum Gasteiger partial charge on any atom is 0.237 e. The van der Waals surface area contributed by atoms with Crippen molar-refractivity contribution in [3.63, 3.8) is 0 Å². The van der Waals surface area contributed by atoms with E-state index in [1.807, 2.05) is 32.9 Å². The molecule has 118 valence electrons. The summed E-state index contributed by atoms with van der Waals surface area (Å²) >= 11 is 12.1. The van der Waals surface area contributed by atoms with Crippen LogP contribution in [0.3, 0.4) is 0 Å². The van der Waals surface area contributed by atoms with E-state index in [1.54, 1.807) is 18.2 Å². The minimum atomic E-state index is -3.61. The second kappa shape index (κ2) is 6.49. The molecule has 0 aliphatic carbocycles. The number of hydrogen-bond donors (Lipinski definition) is 1. The summed E-state index contributed by atoms with van der Waals surface area (Å²) in [7, 11) is -3.61. The van der Waals surface area contributed by atoms with Gasteiger partial charge in [-0.25, -0.2) is 8.42 Å². The van der Waals surface area contributed by atoms with Crippen LogP contribution in [0.4, 0.5) is 5.69 Å². The number of halogens is 2. The normalized spacial score (nSPS) is 11.5. The minimum Gasteiger partial charge on any atom is -0.283 e. The summed E-state index contributed by atoms with van der Waals surface area (Å²) in [5.74, 6) is -0.266. The van der Waals surface area contributed by atoms with Gasteiger partial charge in [0.05, 0.1) is 11.4 Å². The first-order valence-electron chi connectivity index (χ1n) is 6.71. The number of anilines is 1. The van der Waals surface area contributed by atoms with Crippen molar-refractivity contribution in [2.45, 2.75) is 26.5 Å². The average Bonchev–Trinajstić information content (AvgIpc) is 2.38. The summed E-state index contributed by atoms with van der Waals surface area (Å²) in [6, 6.07) is 8.81. The first kappa shape index (κ1) is 17.1. The topological polar surface area (TPSA) is 46.2 Å². The van der Waals surface area contributed by atoms with E-state index in [2.05, 4.69) is 4.72 Å². The molecule has 6 heteroatoms. The van der Waals surface area contributed by atoms with Crippen molar-refractivity contribution in [2.24, 2.45) is 0 Å². The molecule has 2 rings (SSSR count). The van der Waals surface area contributed by atoms with Crippen molar-refractivity contribution in [2.75, 3.05) is 4.72 Å². The number of nitrogens with one attached hydrogen (secondary N) is 1. The zero-order valence-corrected chi connectivity index (χ0v) is 14.9. The zero-order valence-electron chi connectivity index (χ0n) is 12.6. The highest BCUT2D eigenvalue weighted by atomic mass is 35.5. The highest BCUT2D eigenvalue weighted by Crippen LogP contribution is 2.28. The first-order valence-corrected chi connectivity index (χ1v) is 9.11. The smallest absolute Gasteiger partial charge is 0.237 e. The average molecular weight is 358 g/mol. The predicted molar refractivity (Wildman–Crippen MR) is 93.4 cm³/mol. The van der Waals surface area contributed by atoms with Gasteiger partial charge in [0, 0.05) is 15.6 Å². The van der Waals surface area contributed by atoms with E-state index in [0.717, 1.165) is 16.7 Å². The van der Waals surface area contributed by atoms with Crippen LogP contribution >= 0.6 is 23.2 Å². The Balaban J connectivity index is 2.33. The maximum absolute atomic E-state index is 12.4. The van der Waals surface area contributed by atoms with Gasteiger partial charge in [0.15, 0.2) is 0 Å². The molecule has 0 fully saturated rings. The lowest BCUT2D eigenvalue weighted by Gasteiger charge is -2.15. The molecule has 0 saturated heterocycles. The molecule has 0 heterocycles. The van der Waals surface area contributed by atoms with Crippen molar-refractivity contribution >= 4 is 38.9 Å². The van der Waals surface area contributed by atoms with E-state index in [1.165, 1.54) is 0 Å². The fraction of sp³-hybridized carbons (Fsp3) is 0.250. The zero-order chi connectivity index (χ0) is 16.5. The van der Waals surface area contributed by atoms with Crippen LogP contribution in [-0.2, 0) is 15.8 Å². The van der Waals surface area contributed by atoms with Gasteiger partial charge in [-0.3, -0.25) is 4.72 Å². The van der Waals surface area contributed by atoms with Gasteiger partial charge in [0.1, 0.15) is 0 Å². The quantitative estimate of drug-likeness (QED) is 0.848. The molecule has 3 nitrogen and oxygen atoms in total. The van der Waals surface area contributed by atoms with Gasteiger partial charge in [-0.05, 0) is 44.0 Å². The van der Waals surface area contributed by atoms with Crippen LogP contribution in [0.5, 0.6) is 0 Å². The summed E-state index contributed by atoms with van der Waals surface area (Å²) in [6.45, 7) is 5.72. The SMILES string of the molecule is Cc1cc(C)c(NS(=O)(=O)Cc2c(Cl)cccc2Cl)c(C)c1. The number of rotatable bonds is 4. The van der Waals surface area contributed by atoms with E-state index >= 15 is 0 Å². The van der Waals surface area contributed by atoms with Crippen molar-refractivity contribution in [1.82, 2.24) is 0 Å². The predicted octanol–water partition coefficient (Wildman–Crippen LogP) is 4.86. The Morgan fingerprint density at radius 2 is 1.50 bits per heavy atom. The molecule has 22 heavy (non-hydrogen) atoms. The molecule has 1 N–H and O–H groups in total. The molecule has 0 aliphatic heterocycles. The molecule has 0 unspecified atom stereocenters. The molecule has 0 radical (unpaired) electrons. The third kappa shape index (κ3) is 3.94. The Morgan fingerprint density at radius 3 is 2.00 bits per heavy atom. The Kier molecular flexibility index (Phi) is 5.05. The fourth-order valence-electron chi connectivity index (χ4n) is 2.39. The molecule has 2 aromatic rings. The van der Waals surface area contributed by atoms with Crippen LogP contribution in [0.25, 0.3) is 0 Å². The van der Waals surface area contributed by atoms with E-state index in [9.17, 15) is 8.42 Å². The third-order valence-corrected chi connectivity index (χ3v) is 5.22. The van der Waals surface area contributed by atoms with Crippen LogP contribution in [0.15, 0.2) is 30.3 Å². The lowest BCUT2D eigenvalue weighted by molar-refractivity contribution is 0.600. The first-order chi connectivity index (χ1) is 10.2. The summed E-state index contributed by atoms with van der Waals surface area (Å²) in [4.78, 5) is 0. The van der Waals surface area contributed by atoms with Gasteiger partial charge in [0.25, 0.3) is 0 Å². The molecule has 0 amide bonds. The highest BCUT2D eigenvalue weighted by Gasteiger charge is 2.18. The van der Waals surface area contributed by atoms with Crippen LogP contribution in [0.2, 0.25) is 10.0 Å². The molecule has 0 spiro atoms. The highest BCUT2D eigenvalue weighted by molar-refractivity contribution is 7.91. The molecular formula is C16H17Cl2NO2S. The van der Waals surface area contributed by atoms with Crippen LogP contribution in [-0.4, -0.2) is 8.42 Å². The lowest BCUT2D eigenvalue weighted by Crippen LogP contribution is -2.17. The monoisotopic (exact) mass is 357 g/mol. The Labute approximate surface area is 141 Å². The molecule has 0 aliphatic rings. The second-order valence-electron chi connectivity index (χ2n) is 5.34. The molecular weight excluding hydrogens is 341 g/mol. The Hall–Kier alpha value is -1.23. The van der Waals surface area contributed by atoms with Crippen molar-refractivity contribution in [3.8, 4) is 0 Å². The van der Waals surface area contributed by atoms with Crippen molar-refractivity contribution < 1.29 is 8.42 Å². The van der Waals surface area contributed by atoms with E-state index in [-0.39, 0.29) is 5.75 Å². The van der Waals surface area contributed by atoms with Gasteiger partial charge >= 0.3 is 0 Å². The Morgan fingerprint density at radius 1 is 1.00 bits per heavy atom. The standard InChI is InChI=1S/C16H17Cl2NO2S/c1-10-7-11(2)16(12(3)8-10)19-22(20,21)9-13-14(17)5-4-6-15(13)18/h4-8,19H,9H2,1-3H3. The summed E-state index contributed by atoms with van der Waals surface area (Å²) in [6.07, 6.45) is 0. The van der Waals surface area contributed by atoms with Gasteiger partial charge in [0.2, 0.25) is 10.0 Å². The lowest BCUT2D eigenvalue weighted by atomic mass is 10.1. The molecule has 2 aromatic carbocycles. The number of sulfonamides is 1. The van der Waals surface area contributed by atoms with E-state index in [0.29, 0.717) is 21.3 Å². The van der Waals surface area contributed by atoms with Crippen LogP contribution < -0.4 is 4.72 Å². The number of aryl methyl sites for hydroxylation is 3. The van der Waals surface area contributed by atoms with E-state index in [4.69, 9.17) is 23.2 Å². The van der Waals surface area contributed by atoms with Gasteiger partial charge in [-0.2, -0.15) is 0 Å². The van der Waals surface area contributed by atoms with E-state index < -0.39 is 10.0 Å². The molecule has 0 aromatic heterocycles. The third-order valence-electron chi connectivity index (χ3n) is 3.33. The maximum atomic E-state index is 12.4. The van der Waals surface area contributed by atoms with Gasteiger partial charge in [-0.15, -0.1) is 0 Å². The molecule has 0 atom stereocenters. The number of benzene rings is 2. The minimum absolute atomic E-state index is 0.266. The van der Waals surface area contributed by atoms with Crippen molar-refractivity contribution in [1.29, 1.82) is 0 Å². The summed E-state index contributed by atoms with van der Waals surface area (Å²) in [5.41, 5.74) is 3.86. The second-order valence-corrected chi connectivity index (χ2v) is 7.87. The number of hydrogen-bond acceptors (Lipinski definition) is 2. The largest absolute Gasteiger partial charge is 0.283 e. The summed E-state index contributed by atoms with van der Waals surface area (Å²) < 4.78 is 27.5. The Bertz CT molecular complexity index is 774. The molecule has 0 saturated carbocycles. The summed E-state index contributed by atoms with van der Waals surface area (Å²) in [5, 5.41) is 0.686. The van der Waals surface area contributed by atoms with Gasteiger partial charge < -0.3 is 0 Å². The molecule has 0 bridgehead atoms. The van der Waals surface area contributed by atoms with Crippen LogP contribution in [0.1, 0.15) is 22.3 Å².